The van der Waals surface area contributed by atoms with E-state index < -0.39 is 34.0 Å². The quantitative estimate of drug-likeness (QED) is 0.379. The molecule has 2 N–H and O–H groups in total. The number of rotatable bonds is 10. The van der Waals surface area contributed by atoms with E-state index in [4.69, 9.17) is 27.9 Å². The van der Waals surface area contributed by atoms with E-state index >= 15 is 0 Å². The molecule has 0 spiro atoms. The number of benzene rings is 1. The molecule has 3 aliphatic heterocycles. The van der Waals surface area contributed by atoms with E-state index in [1.54, 1.807) is 9.80 Å². The average Bonchev–Trinajstić information content (AvgIpc) is 3.49. The number of nitrogens with one attached hydrogen (secondary N) is 1. The number of hydrogen-bond donors (Lipinski definition) is 2. The van der Waals surface area contributed by atoms with Crippen molar-refractivity contribution in [2.24, 2.45) is 5.92 Å². The first-order chi connectivity index (χ1) is 20.8. The maximum atomic E-state index is 13.3. The van der Waals surface area contributed by atoms with E-state index in [0.717, 1.165) is 17.4 Å². The molecule has 2 atom stereocenters. The normalized spacial score (nSPS) is 21.2. The van der Waals surface area contributed by atoms with Gasteiger partial charge in [0, 0.05) is 62.3 Å². The van der Waals surface area contributed by atoms with Crippen LogP contribution in [0.1, 0.15) is 38.5 Å². The van der Waals surface area contributed by atoms with Gasteiger partial charge in [-0.25, -0.2) is 18.0 Å². The Labute approximate surface area is 267 Å². The Morgan fingerprint density at radius 1 is 0.955 bits per heavy atom. The summed E-state index contributed by atoms with van der Waals surface area (Å²) >= 11 is 12.0. The molecule has 0 aliphatic carbocycles. The number of carboxylic acids is 1. The fourth-order valence-electron chi connectivity index (χ4n) is 5.67. The molecule has 1 aromatic carbocycles. The van der Waals surface area contributed by atoms with Crippen molar-refractivity contribution in [2.75, 3.05) is 59.5 Å². The maximum absolute atomic E-state index is 13.3. The van der Waals surface area contributed by atoms with Crippen LogP contribution in [0.4, 0.5) is 4.79 Å². The predicted molar refractivity (Wildman–Crippen MR) is 162 cm³/mol. The van der Waals surface area contributed by atoms with Crippen LogP contribution in [0.3, 0.4) is 0 Å². The van der Waals surface area contributed by atoms with Gasteiger partial charge in [0.05, 0.1) is 11.5 Å². The smallest absolute Gasteiger partial charge is 0.409 e. The Morgan fingerprint density at radius 3 is 2.20 bits per heavy atom. The molecule has 13 nitrogen and oxygen atoms in total. The number of ether oxygens (including phenoxy) is 1. The van der Waals surface area contributed by atoms with Crippen LogP contribution in [0.25, 0.3) is 0 Å². The third kappa shape index (κ3) is 8.75. The molecule has 3 heterocycles. The molecule has 3 aliphatic rings. The Bertz CT molecular complexity index is 1310. The van der Waals surface area contributed by atoms with Crippen LogP contribution in [0, 0.1) is 5.92 Å². The van der Waals surface area contributed by atoms with Crippen molar-refractivity contribution in [2.45, 2.75) is 55.5 Å². The summed E-state index contributed by atoms with van der Waals surface area (Å²) in [4.78, 5) is 55.7. The molecular formula is C28H39Cl2N5O8S. The summed E-state index contributed by atoms with van der Waals surface area (Å²) < 4.78 is 33.1. The maximum Gasteiger partial charge on any atom is 0.409 e. The number of hydrogen-bond acceptors (Lipinski definition) is 8. The van der Waals surface area contributed by atoms with Gasteiger partial charge >= 0.3 is 12.1 Å². The van der Waals surface area contributed by atoms with Crippen molar-refractivity contribution >= 4 is 57.1 Å². The topological polar surface area (TPSA) is 157 Å². The summed E-state index contributed by atoms with van der Waals surface area (Å²) in [5, 5.41) is 12.4. The SMILES string of the molecule is CN1CCN(C(=O)OCC2CCN(C(=O)CC[C@H](NC(=O)[C@@H]3CCCN3S(=O)(=O)c3cc(Cl)cc(Cl)c3)C(=O)O)CC2)CC1. The van der Waals surface area contributed by atoms with E-state index in [9.17, 15) is 32.7 Å². The second kappa shape index (κ2) is 15.1. The minimum absolute atomic E-state index is 0.0752. The number of halogens is 2. The number of carbonyl (C=O) groups is 4. The highest BCUT2D eigenvalue weighted by molar-refractivity contribution is 7.89. The number of sulfonamides is 1. The van der Waals surface area contributed by atoms with Gasteiger partial charge in [0.25, 0.3) is 0 Å². The molecule has 3 fully saturated rings. The molecule has 0 bridgehead atoms. The summed E-state index contributed by atoms with van der Waals surface area (Å²) in [7, 11) is -2.12. The average molecular weight is 677 g/mol. The number of carboxylic acid groups (broad SMARTS) is 1. The predicted octanol–water partition coefficient (Wildman–Crippen LogP) is 2.12. The van der Waals surface area contributed by atoms with E-state index in [0.29, 0.717) is 52.0 Å². The molecule has 0 unspecified atom stereocenters. The number of nitrogens with zero attached hydrogens (tertiary/aromatic N) is 4. The van der Waals surface area contributed by atoms with Crippen LogP contribution in [-0.2, 0) is 29.1 Å². The minimum Gasteiger partial charge on any atom is -0.480 e. The van der Waals surface area contributed by atoms with Crippen molar-refractivity contribution in [1.29, 1.82) is 0 Å². The van der Waals surface area contributed by atoms with Crippen LogP contribution in [0.15, 0.2) is 23.1 Å². The van der Waals surface area contributed by atoms with Gasteiger partial charge in [0.2, 0.25) is 21.8 Å². The summed E-state index contributed by atoms with van der Waals surface area (Å²) in [5.74, 6) is -2.16. The van der Waals surface area contributed by atoms with E-state index in [2.05, 4.69) is 10.2 Å². The lowest BCUT2D eigenvalue weighted by Crippen LogP contribution is -2.51. The highest BCUT2D eigenvalue weighted by Crippen LogP contribution is 2.30. The number of amides is 3. The van der Waals surface area contributed by atoms with E-state index in [1.165, 1.54) is 18.2 Å². The first-order valence-corrected chi connectivity index (χ1v) is 16.9. The number of carbonyl (C=O) groups excluding carboxylic acids is 3. The third-order valence-corrected chi connectivity index (χ3v) is 10.7. The number of likely N-dealkylation sites (N-methyl/N-ethyl adjacent to an activating group) is 1. The summed E-state index contributed by atoms with van der Waals surface area (Å²) in [6, 6.07) is 1.39. The highest BCUT2D eigenvalue weighted by atomic mass is 35.5. The monoisotopic (exact) mass is 675 g/mol. The molecule has 0 aromatic heterocycles. The third-order valence-electron chi connectivity index (χ3n) is 8.38. The van der Waals surface area contributed by atoms with E-state index in [1.807, 2.05) is 7.05 Å². The Morgan fingerprint density at radius 2 is 1.59 bits per heavy atom. The van der Waals surface area contributed by atoms with Crippen LogP contribution in [-0.4, -0.2) is 128 Å². The zero-order valence-electron chi connectivity index (χ0n) is 24.6. The number of aliphatic carboxylic acids is 1. The van der Waals surface area contributed by atoms with Crippen molar-refractivity contribution in [3.8, 4) is 0 Å². The molecule has 0 saturated carbocycles. The molecule has 244 valence electrons. The Balaban J connectivity index is 1.24. The van der Waals surface area contributed by atoms with Crippen molar-refractivity contribution in [3.63, 3.8) is 0 Å². The summed E-state index contributed by atoms with van der Waals surface area (Å²) in [6.07, 6.45) is 1.37. The van der Waals surface area contributed by atoms with Gasteiger partial charge in [0.15, 0.2) is 0 Å². The van der Waals surface area contributed by atoms with Gasteiger partial charge in [-0.2, -0.15) is 4.31 Å². The molecule has 44 heavy (non-hydrogen) atoms. The zero-order chi connectivity index (χ0) is 32.0. The first kappa shape index (κ1) is 34.2. The van der Waals surface area contributed by atoms with Gasteiger partial charge in [-0.15, -0.1) is 0 Å². The fourth-order valence-corrected chi connectivity index (χ4v) is 8.06. The van der Waals surface area contributed by atoms with Gasteiger partial charge < -0.3 is 29.9 Å². The van der Waals surface area contributed by atoms with E-state index in [-0.39, 0.29) is 58.7 Å². The second-order valence-electron chi connectivity index (χ2n) is 11.5. The van der Waals surface area contributed by atoms with Crippen LogP contribution < -0.4 is 5.32 Å². The van der Waals surface area contributed by atoms with Crippen LogP contribution >= 0.6 is 23.2 Å². The van der Waals surface area contributed by atoms with Gasteiger partial charge in [-0.3, -0.25) is 9.59 Å². The lowest BCUT2D eigenvalue weighted by Gasteiger charge is -2.34. The van der Waals surface area contributed by atoms with Gasteiger partial charge in [0.1, 0.15) is 12.1 Å². The van der Waals surface area contributed by atoms with Gasteiger partial charge in [-0.05, 0) is 63.3 Å². The second-order valence-corrected chi connectivity index (χ2v) is 14.3. The number of piperidine rings is 1. The van der Waals surface area contributed by atoms with Crippen LogP contribution in [0.2, 0.25) is 10.0 Å². The van der Waals surface area contributed by atoms with Crippen molar-refractivity contribution in [3.05, 3.63) is 28.2 Å². The van der Waals surface area contributed by atoms with Crippen LogP contribution in [0.5, 0.6) is 0 Å². The highest BCUT2D eigenvalue weighted by Gasteiger charge is 2.41. The Kier molecular flexibility index (Phi) is 11.7. The molecule has 16 heteroatoms. The lowest BCUT2D eigenvalue weighted by molar-refractivity contribution is -0.143. The molecule has 3 saturated heterocycles. The largest absolute Gasteiger partial charge is 0.480 e. The first-order valence-electron chi connectivity index (χ1n) is 14.7. The summed E-state index contributed by atoms with van der Waals surface area (Å²) in [5.41, 5.74) is 0. The molecule has 0 radical (unpaired) electrons. The Hall–Kier alpha value is -2.65. The molecule has 4 rings (SSSR count). The summed E-state index contributed by atoms with van der Waals surface area (Å²) in [6.45, 7) is 4.17. The van der Waals surface area contributed by atoms with Crippen molar-refractivity contribution in [1.82, 2.24) is 24.3 Å². The lowest BCUT2D eigenvalue weighted by atomic mass is 9.97. The minimum atomic E-state index is -4.13. The number of likely N-dealkylation sites (tertiary alicyclic amines) is 1. The van der Waals surface area contributed by atoms with Crippen molar-refractivity contribution < 1.29 is 37.4 Å². The van der Waals surface area contributed by atoms with Gasteiger partial charge in [-0.1, -0.05) is 23.2 Å². The number of piperazine rings is 1. The molecule has 3 amide bonds. The fraction of sp³-hybridized carbons (Fsp3) is 0.643. The zero-order valence-corrected chi connectivity index (χ0v) is 26.9. The standard InChI is InChI=1S/C28H39Cl2N5O8S/c1-32-11-13-34(14-12-32)28(40)43-18-19-6-9-33(10-7-19)25(36)5-4-23(27(38)39)31-26(37)24-3-2-8-35(24)44(41,42)22-16-20(29)15-21(30)17-22/h15-17,19,23-24H,2-14,18H2,1H3,(H,31,37)(H,38,39)/t23-,24-/m0/s1. The molecular weight excluding hydrogens is 637 g/mol. The molecule has 1 aromatic rings.